The molecule has 0 fully saturated rings. The van der Waals surface area contributed by atoms with Crippen LogP contribution in [0, 0.1) is 0 Å². The fourth-order valence-corrected chi connectivity index (χ4v) is 3.40. The van der Waals surface area contributed by atoms with Crippen LogP contribution in [0.2, 0.25) is 0 Å². The fraction of sp³-hybridized carbons (Fsp3) is 0.769. The van der Waals surface area contributed by atoms with Crippen LogP contribution in [-0.2, 0) is 9.59 Å². The Hall–Kier alpha value is -0.290. The van der Waals surface area contributed by atoms with Crippen molar-refractivity contribution in [3.8, 4) is 0 Å². The van der Waals surface area contributed by atoms with Gasteiger partial charge >= 0.3 is 0 Å². The molecule has 0 aromatic rings. The number of carbonyl (C=O) groups excluding carboxylic acids is 2. The van der Waals surface area contributed by atoms with E-state index >= 15 is 0 Å². The Morgan fingerprint density at radius 2 is 1.78 bits per heavy atom. The normalized spacial score (nSPS) is 11.0. The molecule has 104 valence electrons. The largest absolute Gasteiger partial charge is 0.300 e. The standard InChI is InChI=1S/C13H23NO2S2/c1-3-6-12(15)7-5-9-17-18-10-8-13(16)11-14-4-2/h4H,3,5-11H2,1-2H3. The van der Waals surface area contributed by atoms with Crippen LogP contribution in [0.4, 0.5) is 0 Å². The molecule has 0 atom stereocenters. The van der Waals surface area contributed by atoms with E-state index in [1.54, 1.807) is 27.8 Å². The van der Waals surface area contributed by atoms with Gasteiger partial charge in [-0.2, -0.15) is 0 Å². The Labute approximate surface area is 118 Å². The first kappa shape index (κ1) is 17.7. The maximum atomic E-state index is 11.3. The Morgan fingerprint density at radius 3 is 2.44 bits per heavy atom. The van der Waals surface area contributed by atoms with Crippen LogP contribution in [0.5, 0.6) is 0 Å². The minimum Gasteiger partial charge on any atom is -0.300 e. The zero-order valence-corrected chi connectivity index (χ0v) is 12.9. The van der Waals surface area contributed by atoms with Crippen molar-refractivity contribution in [2.24, 2.45) is 4.99 Å². The summed E-state index contributed by atoms with van der Waals surface area (Å²) in [5.74, 6) is 2.39. The SMILES string of the molecule is CC=NCC(=O)CCSSCCCC(=O)CCC. The summed E-state index contributed by atoms with van der Waals surface area (Å²) < 4.78 is 0. The van der Waals surface area contributed by atoms with Gasteiger partial charge in [0.1, 0.15) is 5.78 Å². The molecule has 0 N–H and O–H groups in total. The van der Waals surface area contributed by atoms with Gasteiger partial charge in [-0.1, -0.05) is 28.5 Å². The summed E-state index contributed by atoms with van der Waals surface area (Å²) >= 11 is 0. The van der Waals surface area contributed by atoms with Crippen LogP contribution >= 0.6 is 21.6 Å². The molecule has 18 heavy (non-hydrogen) atoms. The number of rotatable bonds is 12. The van der Waals surface area contributed by atoms with Gasteiger partial charge in [0, 0.05) is 30.8 Å². The lowest BCUT2D eigenvalue weighted by Crippen LogP contribution is -2.03. The van der Waals surface area contributed by atoms with E-state index in [-0.39, 0.29) is 5.78 Å². The summed E-state index contributed by atoms with van der Waals surface area (Å²) in [7, 11) is 3.47. The molecule has 5 heteroatoms. The molecule has 0 aromatic heterocycles. The van der Waals surface area contributed by atoms with Crippen molar-refractivity contribution in [1.29, 1.82) is 0 Å². The van der Waals surface area contributed by atoms with Crippen LogP contribution < -0.4 is 0 Å². The summed E-state index contributed by atoms with van der Waals surface area (Å²) in [4.78, 5) is 26.4. The summed E-state index contributed by atoms with van der Waals surface area (Å²) in [5, 5.41) is 0. The Bertz CT molecular complexity index is 268. The third-order valence-corrected chi connectivity index (χ3v) is 4.70. The maximum absolute atomic E-state index is 11.3. The summed E-state index contributed by atoms with van der Waals surface area (Å²) in [6, 6.07) is 0. The molecule has 0 unspecified atom stereocenters. The van der Waals surface area contributed by atoms with Gasteiger partial charge in [0.15, 0.2) is 5.78 Å². The second-order valence-corrected chi connectivity index (χ2v) is 6.63. The van der Waals surface area contributed by atoms with Crippen LogP contribution in [-0.4, -0.2) is 35.8 Å². The molecule has 0 aliphatic carbocycles. The molecule has 0 saturated heterocycles. The number of hydrogen-bond donors (Lipinski definition) is 0. The molecule has 0 spiro atoms. The topological polar surface area (TPSA) is 46.5 Å². The summed E-state index contributed by atoms with van der Waals surface area (Å²) in [6.45, 7) is 4.16. The lowest BCUT2D eigenvalue weighted by atomic mass is 10.1. The molecular formula is C13H23NO2S2. The molecule has 0 bridgehead atoms. The average Bonchev–Trinajstić information content (AvgIpc) is 2.35. The third kappa shape index (κ3) is 12.2. The van der Waals surface area contributed by atoms with Crippen molar-refractivity contribution in [3.05, 3.63) is 0 Å². The highest BCUT2D eigenvalue weighted by atomic mass is 33.1. The smallest absolute Gasteiger partial charge is 0.155 e. The number of nitrogens with zero attached hydrogens (tertiary/aromatic N) is 1. The molecule has 0 saturated carbocycles. The monoisotopic (exact) mass is 289 g/mol. The molecular weight excluding hydrogens is 266 g/mol. The third-order valence-electron chi connectivity index (χ3n) is 2.21. The number of carbonyl (C=O) groups is 2. The van der Waals surface area contributed by atoms with E-state index in [0.717, 1.165) is 24.3 Å². The predicted molar refractivity (Wildman–Crippen MR) is 82.7 cm³/mol. The molecule has 0 aliphatic rings. The van der Waals surface area contributed by atoms with Gasteiger partial charge in [0.2, 0.25) is 0 Å². The van der Waals surface area contributed by atoms with Crippen molar-refractivity contribution in [1.82, 2.24) is 0 Å². The number of Topliss-reactive ketones (excluding diaryl/α,β-unsaturated/α-hetero) is 2. The van der Waals surface area contributed by atoms with E-state index in [4.69, 9.17) is 0 Å². The van der Waals surface area contributed by atoms with Gasteiger partial charge in [-0.25, -0.2) is 0 Å². The Morgan fingerprint density at radius 1 is 1.06 bits per heavy atom. The number of ketones is 2. The molecule has 0 aromatic carbocycles. The van der Waals surface area contributed by atoms with Crippen LogP contribution in [0.25, 0.3) is 0 Å². The lowest BCUT2D eigenvalue weighted by Gasteiger charge is -2.00. The minimum absolute atomic E-state index is 0.194. The zero-order chi connectivity index (χ0) is 13.6. The van der Waals surface area contributed by atoms with Crippen molar-refractivity contribution >= 4 is 39.4 Å². The average molecular weight is 289 g/mol. The molecule has 3 nitrogen and oxygen atoms in total. The van der Waals surface area contributed by atoms with Crippen LogP contribution in [0.3, 0.4) is 0 Å². The molecule has 0 amide bonds. The van der Waals surface area contributed by atoms with E-state index in [2.05, 4.69) is 4.99 Å². The van der Waals surface area contributed by atoms with Gasteiger partial charge < -0.3 is 0 Å². The quantitative estimate of drug-likeness (QED) is 0.313. The van der Waals surface area contributed by atoms with E-state index in [1.807, 2.05) is 13.8 Å². The zero-order valence-electron chi connectivity index (χ0n) is 11.3. The van der Waals surface area contributed by atoms with Gasteiger partial charge in [-0.3, -0.25) is 14.6 Å². The molecule has 0 radical (unpaired) electrons. The van der Waals surface area contributed by atoms with E-state index in [0.29, 0.717) is 31.6 Å². The van der Waals surface area contributed by atoms with Gasteiger partial charge in [0.25, 0.3) is 0 Å². The number of hydrogen-bond acceptors (Lipinski definition) is 5. The van der Waals surface area contributed by atoms with Crippen molar-refractivity contribution in [2.45, 2.75) is 46.0 Å². The predicted octanol–water partition coefficient (Wildman–Crippen LogP) is 3.57. The highest BCUT2D eigenvalue weighted by Gasteiger charge is 2.02. The summed E-state index contributed by atoms with van der Waals surface area (Å²) in [6.07, 6.45) is 5.56. The highest BCUT2D eigenvalue weighted by Crippen LogP contribution is 2.23. The number of aliphatic imine (C=N–C) groups is 1. The molecule has 0 aliphatic heterocycles. The fourth-order valence-electron chi connectivity index (χ4n) is 1.28. The highest BCUT2D eigenvalue weighted by molar-refractivity contribution is 8.76. The van der Waals surface area contributed by atoms with E-state index in [1.165, 1.54) is 0 Å². The first-order valence-corrected chi connectivity index (χ1v) is 8.91. The second-order valence-electron chi connectivity index (χ2n) is 3.92. The lowest BCUT2D eigenvalue weighted by molar-refractivity contribution is -0.119. The van der Waals surface area contributed by atoms with E-state index < -0.39 is 0 Å². The second kappa shape index (κ2) is 13.1. The van der Waals surface area contributed by atoms with Crippen molar-refractivity contribution in [3.63, 3.8) is 0 Å². The van der Waals surface area contributed by atoms with Gasteiger partial charge in [-0.15, -0.1) is 0 Å². The summed E-state index contributed by atoms with van der Waals surface area (Å²) in [5.41, 5.74) is 0. The first-order chi connectivity index (χ1) is 8.70. The van der Waals surface area contributed by atoms with Crippen LogP contribution in [0.15, 0.2) is 4.99 Å². The Kier molecular flexibility index (Phi) is 12.9. The minimum atomic E-state index is 0.194. The van der Waals surface area contributed by atoms with Gasteiger partial charge in [-0.05, 0) is 26.0 Å². The maximum Gasteiger partial charge on any atom is 0.155 e. The van der Waals surface area contributed by atoms with E-state index in [9.17, 15) is 9.59 Å². The Balaban J connectivity index is 3.25. The van der Waals surface area contributed by atoms with Crippen LogP contribution in [0.1, 0.15) is 46.0 Å². The van der Waals surface area contributed by atoms with Crippen molar-refractivity contribution in [2.75, 3.05) is 18.1 Å². The van der Waals surface area contributed by atoms with Crippen molar-refractivity contribution < 1.29 is 9.59 Å². The molecule has 0 rings (SSSR count). The molecule has 0 heterocycles. The van der Waals surface area contributed by atoms with Gasteiger partial charge in [0.05, 0.1) is 6.54 Å². The first-order valence-electron chi connectivity index (χ1n) is 6.43.